The molecular weight excluding hydrogens is 318 g/mol. The Morgan fingerprint density at radius 3 is 2.52 bits per heavy atom. The third kappa shape index (κ3) is 2.40. The smallest absolute Gasteiger partial charge is 0.354 e. The van der Waals surface area contributed by atoms with Crippen molar-refractivity contribution in [2.75, 3.05) is 5.84 Å². The summed E-state index contributed by atoms with van der Waals surface area (Å²) >= 11 is 0. The Morgan fingerprint density at radius 1 is 0.960 bits per heavy atom. The fourth-order valence-electron chi connectivity index (χ4n) is 2.90. The molecule has 0 saturated heterocycles. The molecule has 0 amide bonds. The maximum atomic E-state index is 12.8. The van der Waals surface area contributed by atoms with E-state index < -0.39 is 5.97 Å². The second-order valence-electron chi connectivity index (χ2n) is 5.72. The first-order chi connectivity index (χ1) is 12.0. The van der Waals surface area contributed by atoms with Crippen LogP contribution in [0.4, 0.5) is 0 Å². The molecule has 122 valence electrons. The molecule has 0 spiro atoms. The van der Waals surface area contributed by atoms with Crippen molar-refractivity contribution in [1.29, 1.82) is 0 Å². The molecule has 4 aromatic rings. The molecule has 3 N–H and O–H groups in total. The number of carboxylic acids is 1. The lowest BCUT2D eigenvalue weighted by atomic mass is 10.0. The van der Waals surface area contributed by atoms with E-state index in [1.807, 2.05) is 24.3 Å². The minimum absolute atomic E-state index is 0.0352. The predicted octanol–water partition coefficient (Wildman–Crippen LogP) is 2.83. The maximum Gasteiger partial charge on any atom is 0.354 e. The van der Waals surface area contributed by atoms with Crippen molar-refractivity contribution in [3.8, 4) is 0 Å². The molecule has 0 atom stereocenters. The van der Waals surface area contributed by atoms with Crippen molar-refractivity contribution < 1.29 is 14.7 Å². The summed E-state index contributed by atoms with van der Waals surface area (Å²) < 4.78 is 1.10. The van der Waals surface area contributed by atoms with Gasteiger partial charge in [0.15, 0.2) is 5.78 Å². The second-order valence-corrected chi connectivity index (χ2v) is 5.72. The number of ketones is 1. The van der Waals surface area contributed by atoms with Gasteiger partial charge in [-0.1, -0.05) is 18.2 Å². The second kappa shape index (κ2) is 5.45. The van der Waals surface area contributed by atoms with Gasteiger partial charge in [-0.3, -0.25) is 14.5 Å². The van der Waals surface area contributed by atoms with Gasteiger partial charge in [-0.05, 0) is 36.4 Å². The lowest BCUT2D eigenvalue weighted by molar-refractivity contribution is 0.0687. The summed E-state index contributed by atoms with van der Waals surface area (Å²) in [5, 5.41) is 10.6. The molecule has 25 heavy (non-hydrogen) atoms. The van der Waals surface area contributed by atoms with Gasteiger partial charge in [-0.25, -0.2) is 4.79 Å². The Morgan fingerprint density at radius 2 is 1.72 bits per heavy atom. The summed E-state index contributed by atoms with van der Waals surface area (Å²) in [6.07, 6.45) is 1.55. The number of nitrogens with two attached hydrogens (primary N) is 1. The SMILES string of the molecule is Nn1c(C(=O)O)cc2cc(C(=O)c3cnc4ccccc4c3)ccc21. The van der Waals surface area contributed by atoms with Gasteiger partial charge in [0.25, 0.3) is 0 Å². The van der Waals surface area contributed by atoms with Gasteiger partial charge in [-0.2, -0.15) is 0 Å². The Labute approximate surface area is 142 Å². The van der Waals surface area contributed by atoms with Crippen LogP contribution in [0.1, 0.15) is 26.4 Å². The standard InChI is InChI=1S/C19H13N3O3/c20-22-16-6-5-12(8-13(16)9-17(22)19(24)25)18(23)14-7-11-3-1-2-4-15(11)21-10-14/h1-10H,20H2,(H,24,25). The van der Waals surface area contributed by atoms with Gasteiger partial charge >= 0.3 is 5.97 Å². The number of carbonyl (C=O) groups excluding carboxylic acids is 1. The molecular formula is C19H13N3O3. The molecule has 2 aromatic carbocycles. The minimum Gasteiger partial charge on any atom is -0.477 e. The van der Waals surface area contributed by atoms with Gasteiger partial charge < -0.3 is 10.9 Å². The number of nitrogen functional groups attached to an aromatic ring is 1. The van der Waals surface area contributed by atoms with E-state index in [2.05, 4.69) is 4.98 Å². The average molecular weight is 331 g/mol. The molecule has 6 heteroatoms. The normalized spacial score (nSPS) is 11.0. The van der Waals surface area contributed by atoms with Crippen LogP contribution < -0.4 is 5.84 Å². The molecule has 0 aliphatic carbocycles. The summed E-state index contributed by atoms with van der Waals surface area (Å²) in [4.78, 5) is 28.3. The molecule has 4 rings (SSSR count). The van der Waals surface area contributed by atoms with Gasteiger partial charge in [-0.15, -0.1) is 0 Å². The summed E-state index contributed by atoms with van der Waals surface area (Å²) in [7, 11) is 0. The molecule has 0 aliphatic rings. The number of carboxylic acid groups (broad SMARTS) is 1. The number of fused-ring (bicyclic) bond motifs is 2. The molecule has 2 heterocycles. The van der Waals surface area contributed by atoms with Crippen LogP contribution in [-0.2, 0) is 0 Å². The number of para-hydroxylation sites is 1. The van der Waals surface area contributed by atoms with Crippen molar-refractivity contribution in [2.24, 2.45) is 0 Å². The summed E-state index contributed by atoms with van der Waals surface area (Å²) in [5.74, 6) is 4.48. The highest BCUT2D eigenvalue weighted by Gasteiger charge is 2.16. The number of hydrogen-bond donors (Lipinski definition) is 2. The molecule has 0 radical (unpaired) electrons. The highest BCUT2D eigenvalue weighted by molar-refractivity contribution is 6.11. The fraction of sp³-hybridized carbons (Fsp3) is 0. The summed E-state index contributed by atoms with van der Waals surface area (Å²) in [6.45, 7) is 0. The molecule has 0 unspecified atom stereocenters. The number of pyridine rings is 1. The average Bonchev–Trinajstić information content (AvgIpc) is 2.97. The number of rotatable bonds is 3. The summed E-state index contributed by atoms with van der Waals surface area (Å²) in [6, 6.07) is 15.7. The van der Waals surface area contributed by atoms with Crippen molar-refractivity contribution in [3.63, 3.8) is 0 Å². The quantitative estimate of drug-likeness (QED) is 0.444. The predicted molar refractivity (Wildman–Crippen MR) is 94.2 cm³/mol. The van der Waals surface area contributed by atoms with Gasteiger partial charge in [0.2, 0.25) is 0 Å². The van der Waals surface area contributed by atoms with Crippen molar-refractivity contribution in [3.05, 3.63) is 77.6 Å². The lowest BCUT2D eigenvalue weighted by Crippen LogP contribution is -2.15. The van der Waals surface area contributed by atoms with Crippen LogP contribution in [0.25, 0.3) is 21.8 Å². The Balaban J connectivity index is 1.79. The number of hydrogen-bond acceptors (Lipinski definition) is 4. The van der Waals surface area contributed by atoms with Crippen molar-refractivity contribution >= 4 is 33.6 Å². The summed E-state index contributed by atoms with van der Waals surface area (Å²) in [5.41, 5.74) is 2.26. The van der Waals surface area contributed by atoms with E-state index in [-0.39, 0.29) is 11.5 Å². The van der Waals surface area contributed by atoms with Crippen LogP contribution in [0.5, 0.6) is 0 Å². The van der Waals surface area contributed by atoms with Gasteiger partial charge in [0.05, 0.1) is 11.0 Å². The Hall–Kier alpha value is -3.67. The number of aromatic nitrogens is 2. The van der Waals surface area contributed by atoms with E-state index in [1.165, 1.54) is 6.07 Å². The third-order valence-corrected chi connectivity index (χ3v) is 4.17. The molecule has 0 fully saturated rings. The van der Waals surface area contributed by atoms with Gasteiger partial charge in [0.1, 0.15) is 5.69 Å². The highest BCUT2D eigenvalue weighted by Crippen LogP contribution is 2.22. The van der Waals surface area contributed by atoms with E-state index in [9.17, 15) is 9.59 Å². The first-order valence-corrected chi connectivity index (χ1v) is 7.58. The fourth-order valence-corrected chi connectivity index (χ4v) is 2.90. The molecule has 2 aromatic heterocycles. The van der Waals surface area contributed by atoms with Crippen LogP contribution in [0, 0.1) is 0 Å². The molecule has 0 bridgehead atoms. The zero-order valence-corrected chi connectivity index (χ0v) is 13.0. The van der Waals surface area contributed by atoms with E-state index in [4.69, 9.17) is 10.9 Å². The van der Waals surface area contributed by atoms with Crippen molar-refractivity contribution in [1.82, 2.24) is 9.66 Å². The number of benzene rings is 2. The van der Waals surface area contributed by atoms with E-state index in [0.29, 0.717) is 22.0 Å². The monoisotopic (exact) mass is 331 g/mol. The first kappa shape index (κ1) is 14.9. The number of nitrogens with zero attached hydrogens (tertiary/aromatic N) is 2. The van der Waals surface area contributed by atoms with Crippen LogP contribution in [0.15, 0.2) is 60.8 Å². The zero-order chi connectivity index (χ0) is 17.6. The maximum absolute atomic E-state index is 12.8. The van der Waals surface area contributed by atoms with Crippen molar-refractivity contribution in [2.45, 2.75) is 0 Å². The molecule has 6 nitrogen and oxygen atoms in total. The Kier molecular flexibility index (Phi) is 3.25. The van der Waals surface area contributed by atoms with Gasteiger partial charge in [0, 0.05) is 28.1 Å². The first-order valence-electron chi connectivity index (χ1n) is 7.58. The van der Waals surface area contributed by atoms with Crippen LogP contribution in [0.3, 0.4) is 0 Å². The molecule has 0 aliphatic heterocycles. The van der Waals surface area contributed by atoms with E-state index >= 15 is 0 Å². The van der Waals surface area contributed by atoms with Crippen LogP contribution in [-0.4, -0.2) is 26.5 Å². The zero-order valence-electron chi connectivity index (χ0n) is 13.0. The lowest BCUT2D eigenvalue weighted by Gasteiger charge is -2.04. The largest absolute Gasteiger partial charge is 0.477 e. The third-order valence-electron chi connectivity index (χ3n) is 4.17. The number of carbonyl (C=O) groups is 2. The topological polar surface area (TPSA) is 98.2 Å². The van der Waals surface area contributed by atoms with Crippen LogP contribution >= 0.6 is 0 Å². The minimum atomic E-state index is -1.12. The Bertz CT molecular complexity index is 1160. The molecule has 0 saturated carbocycles. The number of aromatic carboxylic acids is 1. The van der Waals surface area contributed by atoms with Crippen LogP contribution in [0.2, 0.25) is 0 Å². The highest BCUT2D eigenvalue weighted by atomic mass is 16.4. The van der Waals surface area contributed by atoms with E-state index in [1.54, 1.807) is 30.5 Å². The van der Waals surface area contributed by atoms with E-state index in [0.717, 1.165) is 15.6 Å².